The summed E-state index contributed by atoms with van der Waals surface area (Å²) in [5.74, 6) is 1.17. The second-order valence-corrected chi connectivity index (χ2v) is 2.01. The summed E-state index contributed by atoms with van der Waals surface area (Å²) in [4.78, 5) is 0. The van der Waals surface area contributed by atoms with Crippen LogP contribution < -0.4 is 15.2 Å². The monoisotopic (exact) mass is 152 g/mol. The van der Waals surface area contributed by atoms with Crippen molar-refractivity contribution < 1.29 is 9.47 Å². The largest absolute Gasteiger partial charge is 0.494 e. The molecule has 3 heteroatoms. The van der Waals surface area contributed by atoms with E-state index in [1.807, 2.05) is 0 Å². The summed E-state index contributed by atoms with van der Waals surface area (Å²) in [5.41, 5.74) is 6.14. The summed E-state index contributed by atoms with van der Waals surface area (Å²) in [6.45, 7) is 0. The molecule has 0 fully saturated rings. The first-order chi connectivity index (χ1) is 5.29. The lowest BCUT2D eigenvalue weighted by Gasteiger charge is -2.07. The fourth-order valence-electron chi connectivity index (χ4n) is 0.808. The van der Waals surface area contributed by atoms with Crippen molar-refractivity contribution >= 4 is 5.69 Å². The lowest BCUT2D eigenvalue weighted by atomic mass is 10.3. The maximum absolute atomic E-state index is 5.63. The molecule has 11 heavy (non-hydrogen) atoms. The van der Waals surface area contributed by atoms with Crippen LogP contribution in [0.1, 0.15) is 0 Å². The Hall–Kier alpha value is -1.38. The zero-order valence-corrected chi connectivity index (χ0v) is 6.55. The van der Waals surface area contributed by atoms with Gasteiger partial charge in [-0.05, 0) is 18.2 Å². The second-order valence-electron chi connectivity index (χ2n) is 2.01. The van der Waals surface area contributed by atoms with Crippen LogP contribution in [0.15, 0.2) is 12.1 Å². The summed E-state index contributed by atoms with van der Waals surface area (Å²) in [5, 5.41) is 0. The molecule has 0 bridgehead atoms. The van der Waals surface area contributed by atoms with Gasteiger partial charge in [0.25, 0.3) is 0 Å². The Morgan fingerprint density at radius 1 is 1.18 bits per heavy atom. The van der Waals surface area contributed by atoms with Crippen molar-refractivity contribution in [3.8, 4) is 11.5 Å². The fourth-order valence-corrected chi connectivity index (χ4v) is 0.808. The maximum atomic E-state index is 5.63. The van der Waals surface area contributed by atoms with Crippen molar-refractivity contribution in [1.82, 2.24) is 0 Å². The second kappa shape index (κ2) is 3.14. The lowest BCUT2D eigenvalue weighted by molar-refractivity contribution is 0.398. The van der Waals surface area contributed by atoms with Gasteiger partial charge in [-0.3, -0.25) is 0 Å². The molecule has 59 valence electrons. The SMILES string of the molecule is COc1c[c]cc(OC)c1N. The Kier molecular flexibility index (Phi) is 2.21. The molecule has 2 N–H and O–H groups in total. The normalized spacial score (nSPS) is 9.27. The molecule has 1 aromatic carbocycles. The van der Waals surface area contributed by atoms with E-state index < -0.39 is 0 Å². The Morgan fingerprint density at radius 2 is 1.64 bits per heavy atom. The molecule has 1 rings (SSSR count). The van der Waals surface area contributed by atoms with Crippen LogP contribution in [-0.4, -0.2) is 14.2 Å². The summed E-state index contributed by atoms with van der Waals surface area (Å²) in [6.07, 6.45) is 0. The summed E-state index contributed by atoms with van der Waals surface area (Å²) in [7, 11) is 3.11. The molecular formula is C8H10NO2. The Bertz CT molecular complexity index is 226. The quantitative estimate of drug-likeness (QED) is 0.645. The molecule has 0 amide bonds. The molecule has 0 aliphatic rings. The van der Waals surface area contributed by atoms with Gasteiger partial charge in [0.2, 0.25) is 0 Å². The van der Waals surface area contributed by atoms with Crippen LogP contribution in [0.25, 0.3) is 0 Å². The molecule has 3 nitrogen and oxygen atoms in total. The third-order valence-corrected chi connectivity index (χ3v) is 1.40. The van der Waals surface area contributed by atoms with E-state index in [2.05, 4.69) is 6.07 Å². The van der Waals surface area contributed by atoms with E-state index in [0.29, 0.717) is 17.2 Å². The van der Waals surface area contributed by atoms with Crippen LogP contribution in [0, 0.1) is 6.07 Å². The zero-order chi connectivity index (χ0) is 8.27. The van der Waals surface area contributed by atoms with Crippen LogP contribution in [0.4, 0.5) is 5.69 Å². The van der Waals surface area contributed by atoms with Crippen LogP contribution in [0.5, 0.6) is 11.5 Å². The van der Waals surface area contributed by atoms with Gasteiger partial charge in [0, 0.05) is 0 Å². The first kappa shape index (κ1) is 7.72. The molecule has 0 aliphatic heterocycles. The zero-order valence-electron chi connectivity index (χ0n) is 6.55. The number of ether oxygens (including phenoxy) is 2. The average Bonchev–Trinajstić information content (AvgIpc) is 2.05. The molecule has 0 atom stereocenters. The van der Waals surface area contributed by atoms with E-state index in [1.54, 1.807) is 26.4 Å². The maximum Gasteiger partial charge on any atom is 0.146 e. The smallest absolute Gasteiger partial charge is 0.146 e. The van der Waals surface area contributed by atoms with Gasteiger partial charge in [0.1, 0.15) is 17.2 Å². The highest BCUT2D eigenvalue weighted by molar-refractivity contribution is 5.62. The highest BCUT2D eigenvalue weighted by Crippen LogP contribution is 2.29. The number of nitrogens with two attached hydrogens (primary N) is 1. The molecule has 0 saturated carbocycles. The molecule has 0 aromatic heterocycles. The standard InChI is InChI=1S/C8H10NO2/c1-10-6-4-3-5-7(11-2)8(6)9/h4-5H,9H2,1-2H3. The third-order valence-electron chi connectivity index (χ3n) is 1.40. The number of rotatable bonds is 2. The van der Waals surface area contributed by atoms with E-state index in [4.69, 9.17) is 15.2 Å². The van der Waals surface area contributed by atoms with Gasteiger partial charge in [-0.2, -0.15) is 0 Å². The minimum atomic E-state index is 0.508. The first-order valence-electron chi connectivity index (χ1n) is 3.17. The van der Waals surface area contributed by atoms with Crippen molar-refractivity contribution in [1.29, 1.82) is 0 Å². The molecule has 0 spiro atoms. The van der Waals surface area contributed by atoms with Crippen molar-refractivity contribution in [3.63, 3.8) is 0 Å². The van der Waals surface area contributed by atoms with Crippen molar-refractivity contribution in [2.45, 2.75) is 0 Å². The van der Waals surface area contributed by atoms with Gasteiger partial charge < -0.3 is 15.2 Å². The highest BCUT2D eigenvalue weighted by atomic mass is 16.5. The molecule has 0 aliphatic carbocycles. The summed E-state index contributed by atoms with van der Waals surface area (Å²) >= 11 is 0. The van der Waals surface area contributed by atoms with Crippen LogP contribution in [0.2, 0.25) is 0 Å². The topological polar surface area (TPSA) is 44.5 Å². The van der Waals surface area contributed by atoms with Gasteiger partial charge in [-0.1, -0.05) is 0 Å². The van der Waals surface area contributed by atoms with Gasteiger partial charge in [0.05, 0.1) is 14.2 Å². The van der Waals surface area contributed by atoms with E-state index in [9.17, 15) is 0 Å². The van der Waals surface area contributed by atoms with E-state index in [1.165, 1.54) is 0 Å². The Morgan fingerprint density at radius 3 is 2.00 bits per heavy atom. The van der Waals surface area contributed by atoms with Gasteiger partial charge in [-0.15, -0.1) is 0 Å². The van der Waals surface area contributed by atoms with Crippen molar-refractivity contribution in [2.24, 2.45) is 0 Å². The first-order valence-corrected chi connectivity index (χ1v) is 3.17. The number of methoxy groups -OCH3 is 2. The highest BCUT2D eigenvalue weighted by Gasteiger charge is 2.03. The predicted octanol–water partition coefficient (Wildman–Crippen LogP) is 1.09. The van der Waals surface area contributed by atoms with Gasteiger partial charge >= 0.3 is 0 Å². The molecule has 1 aromatic rings. The van der Waals surface area contributed by atoms with Crippen molar-refractivity contribution in [3.05, 3.63) is 18.2 Å². The van der Waals surface area contributed by atoms with Crippen LogP contribution in [0.3, 0.4) is 0 Å². The van der Waals surface area contributed by atoms with E-state index in [-0.39, 0.29) is 0 Å². The Balaban J connectivity index is 3.10. The van der Waals surface area contributed by atoms with E-state index in [0.717, 1.165) is 0 Å². The predicted molar refractivity (Wildman–Crippen MR) is 42.8 cm³/mol. The van der Waals surface area contributed by atoms with Crippen molar-refractivity contribution in [2.75, 3.05) is 20.0 Å². The number of anilines is 1. The van der Waals surface area contributed by atoms with Crippen LogP contribution >= 0.6 is 0 Å². The molecule has 0 unspecified atom stereocenters. The van der Waals surface area contributed by atoms with Crippen LogP contribution in [-0.2, 0) is 0 Å². The fraction of sp³-hybridized carbons (Fsp3) is 0.250. The number of hydrogen-bond acceptors (Lipinski definition) is 3. The number of benzene rings is 1. The lowest BCUT2D eigenvalue weighted by Crippen LogP contribution is -1.95. The van der Waals surface area contributed by atoms with E-state index >= 15 is 0 Å². The molecule has 0 heterocycles. The number of nitrogen functional groups attached to an aromatic ring is 1. The summed E-state index contributed by atoms with van der Waals surface area (Å²) < 4.78 is 9.90. The Labute approximate surface area is 65.7 Å². The average molecular weight is 152 g/mol. The van der Waals surface area contributed by atoms with Gasteiger partial charge in [-0.25, -0.2) is 0 Å². The minimum Gasteiger partial charge on any atom is -0.494 e. The minimum absolute atomic E-state index is 0.508. The number of hydrogen-bond donors (Lipinski definition) is 1. The summed E-state index contributed by atoms with van der Waals surface area (Å²) in [6, 6.07) is 6.17. The molecule has 0 saturated heterocycles. The van der Waals surface area contributed by atoms with Gasteiger partial charge in [0.15, 0.2) is 0 Å². The molecule has 1 radical (unpaired) electrons. The molecular weight excluding hydrogens is 142 g/mol. The third kappa shape index (κ3) is 1.37.